The van der Waals surface area contributed by atoms with Gasteiger partial charge in [-0.1, -0.05) is 25.7 Å². The lowest BCUT2D eigenvalue weighted by atomic mass is 10.0. The van der Waals surface area contributed by atoms with Crippen LogP contribution < -0.4 is 10.6 Å². The molecule has 1 aliphatic carbocycles. The summed E-state index contributed by atoms with van der Waals surface area (Å²) in [7, 11) is 0. The zero-order chi connectivity index (χ0) is 13.5. The molecule has 5 nitrogen and oxygen atoms in total. The van der Waals surface area contributed by atoms with Gasteiger partial charge in [0.15, 0.2) is 0 Å². The third kappa shape index (κ3) is 4.67. The van der Waals surface area contributed by atoms with Crippen molar-refractivity contribution >= 4 is 11.6 Å². The number of aryl methyl sites for hydroxylation is 1. The molecule has 0 bridgehead atoms. The molecular weight excluding hydrogens is 240 g/mol. The van der Waals surface area contributed by atoms with Crippen molar-refractivity contribution in [1.82, 2.24) is 9.97 Å². The summed E-state index contributed by atoms with van der Waals surface area (Å²) in [5.74, 6) is 3.27. The summed E-state index contributed by atoms with van der Waals surface area (Å²) in [6.45, 7) is 3.47. The van der Waals surface area contributed by atoms with Gasteiger partial charge in [-0.3, -0.25) is 0 Å². The standard InChI is InChI=1S/C14H24N4O/c1-11-17-13(10-14(18-11)16-8-9-19)15-7-6-12-4-2-3-5-12/h10,12,19H,2-9H2,1H3,(H2,15,16,17,18). The van der Waals surface area contributed by atoms with E-state index in [1.165, 1.54) is 32.1 Å². The van der Waals surface area contributed by atoms with Gasteiger partial charge in [0.05, 0.1) is 6.61 Å². The second kappa shape index (κ2) is 7.28. The summed E-state index contributed by atoms with van der Waals surface area (Å²) in [5.41, 5.74) is 0. The van der Waals surface area contributed by atoms with Gasteiger partial charge in [-0.25, -0.2) is 9.97 Å². The number of nitrogens with zero attached hydrogens (tertiary/aromatic N) is 2. The van der Waals surface area contributed by atoms with E-state index in [4.69, 9.17) is 5.11 Å². The van der Waals surface area contributed by atoms with Crippen molar-refractivity contribution in [3.63, 3.8) is 0 Å². The van der Waals surface area contributed by atoms with Crippen molar-refractivity contribution in [2.75, 3.05) is 30.3 Å². The van der Waals surface area contributed by atoms with Gasteiger partial charge in [0.25, 0.3) is 0 Å². The van der Waals surface area contributed by atoms with E-state index in [2.05, 4.69) is 20.6 Å². The summed E-state index contributed by atoms with van der Waals surface area (Å²) in [5, 5.41) is 15.2. The Morgan fingerprint density at radius 1 is 1.16 bits per heavy atom. The number of anilines is 2. The van der Waals surface area contributed by atoms with Gasteiger partial charge in [0, 0.05) is 19.2 Å². The number of hydrogen-bond donors (Lipinski definition) is 3. The number of aliphatic hydroxyl groups excluding tert-OH is 1. The van der Waals surface area contributed by atoms with Crippen molar-refractivity contribution in [3.8, 4) is 0 Å². The minimum absolute atomic E-state index is 0.105. The normalized spacial score (nSPS) is 15.7. The van der Waals surface area contributed by atoms with Crippen LogP contribution in [0, 0.1) is 12.8 Å². The van der Waals surface area contributed by atoms with Crippen LogP contribution in [0.1, 0.15) is 37.9 Å². The molecule has 0 radical (unpaired) electrons. The lowest BCUT2D eigenvalue weighted by molar-refractivity contribution is 0.311. The Balaban J connectivity index is 1.82. The van der Waals surface area contributed by atoms with E-state index in [0.29, 0.717) is 6.54 Å². The van der Waals surface area contributed by atoms with Crippen LogP contribution in [0.25, 0.3) is 0 Å². The van der Waals surface area contributed by atoms with Crippen molar-refractivity contribution in [2.45, 2.75) is 39.0 Å². The number of rotatable bonds is 7. The predicted octanol–water partition coefficient (Wildman–Crippen LogP) is 2.18. The molecule has 1 heterocycles. The Morgan fingerprint density at radius 3 is 2.42 bits per heavy atom. The molecule has 106 valence electrons. The van der Waals surface area contributed by atoms with Gasteiger partial charge in [0.1, 0.15) is 17.5 Å². The molecule has 1 aromatic heterocycles. The number of aliphatic hydroxyl groups is 1. The second-order valence-electron chi connectivity index (χ2n) is 5.20. The average molecular weight is 264 g/mol. The molecule has 0 amide bonds. The third-order valence-electron chi connectivity index (χ3n) is 3.59. The molecule has 0 unspecified atom stereocenters. The minimum atomic E-state index is 0.105. The van der Waals surface area contributed by atoms with E-state index in [0.717, 1.165) is 29.9 Å². The number of nitrogens with one attached hydrogen (secondary N) is 2. The predicted molar refractivity (Wildman–Crippen MR) is 77.4 cm³/mol. The van der Waals surface area contributed by atoms with Crippen molar-refractivity contribution < 1.29 is 5.11 Å². The van der Waals surface area contributed by atoms with Crippen LogP contribution in [0.2, 0.25) is 0 Å². The zero-order valence-electron chi connectivity index (χ0n) is 11.7. The van der Waals surface area contributed by atoms with Crippen LogP contribution in [0.5, 0.6) is 0 Å². The molecule has 1 saturated carbocycles. The topological polar surface area (TPSA) is 70.1 Å². The smallest absolute Gasteiger partial charge is 0.131 e. The van der Waals surface area contributed by atoms with E-state index in [1.54, 1.807) is 0 Å². The highest BCUT2D eigenvalue weighted by molar-refractivity contribution is 5.47. The average Bonchev–Trinajstić information content (AvgIpc) is 2.89. The zero-order valence-corrected chi connectivity index (χ0v) is 11.7. The molecule has 0 aromatic carbocycles. The molecule has 0 saturated heterocycles. The summed E-state index contributed by atoms with van der Waals surface area (Å²) in [6.07, 6.45) is 6.78. The maximum Gasteiger partial charge on any atom is 0.131 e. The van der Waals surface area contributed by atoms with Crippen molar-refractivity contribution in [2.24, 2.45) is 5.92 Å². The van der Waals surface area contributed by atoms with E-state index in [-0.39, 0.29) is 6.61 Å². The van der Waals surface area contributed by atoms with Crippen LogP contribution in [-0.4, -0.2) is 34.8 Å². The summed E-state index contributed by atoms with van der Waals surface area (Å²) in [6, 6.07) is 1.90. The molecule has 1 aliphatic rings. The van der Waals surface area contributed by atoms with Crippen LogP contribution >= 0.6 is 0 Å². The summed E-state index contributed by atoms with van der Waals surface area (Å²) >= 11 is 0. The van der Waals surface area contributed by atoms with Gasteiger partial charge in [-0.15, -0.1) is 0 Å². The van der Waals surface area contributed by atoms with Crippen molar-refractivity contribution in [1.29, 1.82) is 0 Å². The molecule has 3 N–H and O–H groups in total. The third-order valence-corrected chi connectivity index (χ3v) is 3.59. The maximum atomic E-state index is 8.81. The lowest BCUT2D eigenvalue weighted by Gasteiger charge is -2.12. The first-order valence-corrected chi connectivity index (χ1v) is 7.22. The van der Waals surface area contributed by atoms with Crippen LogP contribution in [0.15, 0.2) is 6.07 Å². The van der Waals surface area contributed by atoms with Crippen LogP contribution in [-0.2, 0) is 0 Å². The first kappa shape index (κ1) is 14.1. The van der Waals surface area contributed by atoms with E-state index in [1.807, 2.05) is 13.0 Å². The van der Waals surface area contributed by atoms with E-state index >= 15 is 0 Å². The van der Waals surface area contributed by atoms with Crippen LogP contribution in [0.3, 0.4) is 0 Å². The highest BCUT2D eigenvalue weighted by atomic mass is 16.3. The molecule has 19 heavy (non-hydrogen) atoms. The largest absolute Gasteiger partial charge is 0.395 e. The molecular formula is C14H24N4O. The molecule has 0 spiro atoms. The van der Waals surface area contributed by atoms with Gasteiger partial charge in [-0.2, -0.15) is 0 Å². The first-order chi connectivity index (χ1) is 9.28. The lowest BCUT2D eigenvalue weighted by Crippen LogP contribution is -2.11. The quantitative estimate of drug-likeness (QED) is 0.704. The summed E-state index contributed by atoms with van der Waals surface area (Å²) in [4.78, 5) is 8.66. The van der Waals surface area contributed by atoms with Gasteiger partial charge < -0.3 is 15.7 Å². The van der Waals surface area contributed by atoms with E-state index in [9.17, 15) is 0 Å². The van der Waals surface area contributed by atoms with Crippen molar-refractivity contribution in [3.05, 3.63) is 11.9 Å². The number of hydrogen-bond acceptors (Lipinski definition) is 5. The Bertz CT molecular complexity index is 391. The molecule has 2 rings (SSSR count). The Hall–Kier alpha value is -1.36. The molecule has 0 aliphatic heterocycles. The highest BCUT2D eigenvalue weighted by Gasteiger charge is 2.14. The first-order valence-electron chi connectivity index (χ1n) is 7.22. The monoisotopic (exact) mass is 264 g/mol. The molecule has 1 aromatic rings. The Morgan fingerprint density at radius 2 is 1.79 bits per heavy atom. The Labute approximate surface area is 114 Å². The fraction of sp³-hybridized carbons (Fsp3) is 0.714. The maximum absolute atomic E-state index is 8.81. The van der Waals surface area contributed by atoms with Gasteiger partial charge in [0.2, 0.25) is 0 Å². The fourth-order valence-corrected chi connectivity index (χ4v) is 2.64. The fourth-order valence-electron chi connectivity index (χ4n) is 2.64. The molecule has 0 atom stereocenters. The molecule has 1 fully saturated rings. The SMILES string of the molecule is Cc1nc(NCCO)cc(NCCC2CCCC2)n1. The second-order valence-corrected chi connectivity index (χ2v) is 5.20. The highest BCUT2D eigenvalue weighted by Crippen LogP contribution is 2.27. The van der Waals surface area contributed by atoms with Crippen LogP contribution in [0.4, 0.5) is 11.6 Å². The van der Waals surface area contributed by atoms with Gasteiger partial charge >= 0.3 is 0 Å². The minimum Gasteiger partial charge on any atom is -0.395 e. The van der Waals surface area contributed by atoms with E-state index < -0.39 is 0 Å². The number of aromatic nitrogens is 2. The summed E-state index contributed by atoms with van der Waals surface area (Å²) < 4.78 is 0. The Kier molecular flexibility index (Phi) is 5.39. The van der Waals surface area contributed by atoms with Gasteiger partial charge in [-0.05, 0) is 19.3 Å². The molecule has 5 heteroatoms.